The third-order valence-electron chi connectivity index (χ3n) is 2.69. The highest BCUT2D eigenvalue weighted by molar-refractivity contribution is 9.10. The van der Waals surface area contributed by atoms with Crippen molar-refractivity contribution in [3.63, 3.8) is 0 Å². The lowest BCUT2D eigenvalue weighted by Crippen LogP contribution is -2.40. The van der Waals surface area contributed by atoms with Crippen molar-refractivity contribution in [1.82, 2.24) is 5.32 Å². The summed E-state index contributed by atoms with van der Waals surface area (Å²) in [5.41, 5.74) is 1.19. The number of carboxylic acid groups (broad SMARTS) is 1. The summed E-state index contributed by atoms with van der Waals surface area (Å²) >= 11 is 3.34. The van der Waals surface area contributed by atoms with Crippen LogP contribution in [0.15, 0.2) is 28.2 Å². The third kappa shape index (κ3) is 3.14. The molecule has 0 radical (unpaired) electrons. The first-order chi connectivity index (χ1) is 8.97. The molecule has 19 heavy (non-hydrogen) atoms. The highest BCUT2D eigenvalue weighted by Gasteiger charge is 2.20. The monoisotopic (exact) mass is 325 g/mol. The van der Waals surface area contributed by atoms with Crippen LogP contribution in [-0.4, -0.2) is 29.6 Å². The Morgan fingerprint density at radius 3 is 2.89 bits per heavy atom. The first-order valence-corrected chi connectivity index (χ1v) is 6.43. The van der Waals surface area contributed by atoms with Gasteiger partial charge in [-0.15, -0.1) is 0 Å². The minimum Gasteiger partial charge on any atom is -0.488 e. The number of benzene rings is 1. The van der Waals surface area contributed by atoms with Crippen LogP contribution < -0.4 is 10.1 Å². The zero-order chi connectivity index (χ0) is 14.0. The molecule has 1 heterocycles. The zero-order valence-electron chi connectivity index (χ0n) is 10.1. The Hall–Kier alpha value is -1.82. The van der Waals surface area contributed by atoms with Crippen LogP contribution >= 0.6 is 15.9 Å². The van der Waals surface area contributed by atoms with Crippen LogP contribution in [0.5, 0.6) is 5.75 Å². The molecule has 1 aromatic rings. The fourth-order valence-corrected chi connectivity index (χ4v) is 2.01. The van der Waals surface area contributed by atoms with E-state index in [4.69, 9.17) is 9.84 Å². The van der Waals surface area contributed by atoms with E-state index in [1.807, 2.05) is 18.2 Å². The van der Waals surface area contributed by atoms with Crippen LogP contribution in [0.1, 0.15) is 12.5 Å². The summed E-state index contributed by atoms with van der Waals surface area (Å²) in [6.45, 7) is 1.54. The van der Waals surface area contributed by atoms with Gasteiger partial charge in [0, 0.05) is 10.0 Å². The molecule has 0 saturated heterocycles. The summed E-state index contributed by atoms with van der Waals surface area (Å²) in [5.74, 6) is -0.805. The summed E-state index contributed by atoms with van der Waals surface area (Å²) in [7, 11) is 0. The molecule has 1 amide bonds. The molecule has 1 atom stereocenters. The molecule has 6 heteroatoms. The molecule has 2 N–H and O–H groups in total. The number of fused-ring (bicyclic) bond motifs is 1. The zero-order valence-corrected chi connectivity index (χ0v) is 11.7. The van der Waals surface area contributed by atoms with Crippen LogP contribution in [0.2, 0.25) is 0 Å². The van der Waals surface area contributed by atoms with Crippen LogP contribution in [0.25, 0.3) is 6.08 Å². The lowest BCUT2D eigenvalue weighted by molar-refractivity contribution is -0.140. The van der Waals surface area contributed by atoms with Gasteiger partial charge >= 0.3 is 5.97 Å². The summed E-state index contributed by atoms with van der Waals surface area (Å²) in [4.78, 5) is 22.6. The first kappa shape index (κ1) is 13.6. The summed E-state index contributed by atoms with van der Waals surface area (Å²) in [6, 6.07) is 4.56. The Morgan fingerprint density at radius 1 is 1.47 bits per heavy atom. The van der Waals surface area contributed by atoms with Crippen LogP contribution in [-0.2, 0) is 9.59 Å². The highest BCUT2D eigenvalue weighted by Crippen LogP contribution is 2.29. The molecule has 0 aromatic heterocycles. The molecule has 2 rings (SSSR count). The van der Waals surface area contributed by atoms with Crippen LogP contribution in [0.3, 0.4) is 0 Å². The quantitative estimate of drug-likeness (QED) is 0.888. The molecule has 0 fully saturated rings. The van der Waals surface area contributed by atoms with Gasteiger partial charge in [0.05, 0.1) is 5.57 Å². The fraction of sp³-hybridized carbons (Fsp3) is 0.231. The van der Waals surface area contributed by atoms with Gasteiger partial charge in [0.1, 0.15) is 18.4 Å². The number of rotatable bonds is 3. The van der Waals surface area contributed by atoms with Crippen molar-refractivity contribution in [2.75, 3.05) is 6.61 Å². The largest absolute Gasteiger partial charge is 0.488 e. The van der Waals surface area contributed by atoms with E-state index in [0.29, 0.717) is 11.3 Å². The topological polar surface area (TPSA) is 75.6 Å². The Morgan fingerprint density at radius 2 is 2.21 bits per heavy atom. The van der Waals surface area contributed by atoms with Gasteiger partial charge in [-0.25, -0.2) is 0 Å². The van der Waals surface area contributed by atoms with E-state index in [1.54, 1.807) is 6.08 Å². The maximum Gasteiger partial charge on any atom is 0.325 e. The van der Waals surface area contributed by atoms with Gasteiger partial charge in [-0.05, 0) is 31.2 Å². The molecule has 0 saturated carbocycles. The van der Waals surface area contributed by atoms with E-state index in [9.17, 15) is 9.59 Å². The molecule has 5 nitrogen and oxygen atoms in total. The number of carboxylic acids is 1. The average molecular weight is 326 g/mol. The second kappa shape index (κ2) is 5.44. The molecule has 1 aliphatic rings. The molecular formula is C13H12BrNO4. The number of hydrogen-bond acceptors (Lipinski definition) is 3. The summed E-state index contributed by atoms with van der Waals surface area (Å²) < 4.78 is 6.34. The number of ether oxygens (including phenoxy) is 1. The molecule has 0 unspecified atom stereocenters. The van der Waals surface area contributed by atoms with Crippen molar-refractivity contribution < 1.29 is 19.4 Å². The predicted molar refractivity (Wildman–Crippen MR) is 72.9 cm³/mol. The maximum absolute atomic E-state index is 11.9. The minimum atomic E-state index is -1.08. The van der Waals surface area contributed by atoms with Crippen molar-refractivity contribution in [2.24, 2.45) is 0 Å². The van der Waals surface area contributed by atoms with Gasteiger partial charge in [-0.1, -0.05) is 15.9 Å². The standard InChI is InChI=1S/C13H12BrNO4/c1-7(13(17)18)15-12(16)9-4-8-5-10(14)2-3-11(8)19-6-9/h2-5,7H,6H2,1H3,(H,15,16)(H,17,18)/t7-/m1/s1. The third-order valence-corrected chi connectivity index (χ3v) is 3.19. The van der Waals surface area contributed by atoms with Gasteiger partial charge < -0.3 is 15.2 Å². The van der Waals surface area contributed by atoms with Gasteiger partial charge in [0.15, 0.2) is 0 Å². The summed E-state index contributed by atoms with van der Waals surface area (Å²) in [5, 5.41) is 11.1. The number of halogens is 1. The Kier molecular flexibility index (Phi) is 3.90. The van der Waals surface area contributed by atoms with Crippen LogP contribution in [0.4, 0.5) is 0 Å². The van der Waals surface area contributed by atoms with E-state index in [0.717, 1.165) is 10.0 Å². The van der Waals surface area contributed by atoms with Crippen molar-refractivity contribution >= 4 is 33.9 Å². The Bertz CT molecular complexity index is 568. The van der Waals surface area contributed by atoms with E-state index in [1.165, 1.54) is 6.92 Å². The molecule has 1 aromatic carbocycles. The van der Waals surface area contributed by atoms with Gasteiger partial charge in [0.25, 0.3) is 5.91 Å². The maximum atomic E-state index is 11.9. The second-order valence-electron chi connectivity index (χ2n) is 4.17. The second-order valence-corrected chi connectivity index (χ2v) is 5.09. The van der Waals surface area contributed by atoms with Gasteiger partial charge in [0.2, 0.25) is 0 Å². The lowest BCUT2D eigenvalue weighted by atomic mass is 10.1. The Balaban J connectivity index is 2.18. The van der Waals surface area contributed by atoms with Gasteiger partial charge in [-0.3, -0.25) is 9.59 Å². The molecule has 1 aliphatic heterocycles. The smallest absolute Gasteiger partial charge is 0.325 e. The van der Waals surface area contributed by atoms with Crippen LogP contribution in [0, 0.1) is 0 Å². The minimum absolute atomic E-state index is 0.132. The number of carbonyl (C=O) groups excluding carboxylic acids is 1. The Labute approximate surface area is 118 Å². The molecule has 100 valence electrons. The van der Waals surface area contributed by atoms with Gasteiger partial charge in [-0.2, -0.15) is 0 Å². The van der Waals surface area contributed by atoms with E-state index < -0.39 is 17.9 Å². The lowest BCUT2D eigenvalue weighted by Gasteiger charge is -2.18. The normalized spacial score (nSPS) is 14.7. The molecule has 0 bridgehead atoms. The number of carbonyl (C=O) groups is 2. The first-order valence-electron chi connectivity index (χ1n) is 5.64. The van der Waals surface area contributed by atoms with Crippen molar-refractivity contribution in [1.29, 1.82) is 0 Å². The fourth-order valence-electron chi connectivity index (χ4n) is 1.63. The van der Waals surface area contributed by atoms with Crippen molar-refractivity contribution in [3.05, 3.63) is 33.8 Å². The molecule has 0 spiro atoms. The number of hydrogen-bond donors (Lipinski definition) is 2. The molecule has 0 aliphatic carbocycles. The summed E-state index contributed by atoms with van der Waals surface area (Å²) in [6.07, 6.45) is 1.70. The number of nitrogens with one attached hydrogen (secondary N) is 1. The predicted octanol–water partition coefficient (Wildman–Crippen LogP) is 1.81. The van der Waals surface area contributed by atoms with Crippen molar-refractivity contribution in [2.45, 2.75) is 13.0 Å². The van der Waals surface area contributed by atoms with E-state index in [2.05, 4.69) is 21.2 Å². The average Bonchev–Trinajstić information content (AvgIpc) is 2.37. The number of aliphatic carboxylic acids is 1. The van der Waals surface area contributed by atoms with E-state index in [-0.39, 0.29) is 6.61 Å². The van der Waals surface area contributed by atoms with E-state index >= 15 is 0 Å². The number of amides is 1. The molecular weight excluding hydrogens is 314 g/mol. The van der Waals surface area contributed by atoms with Crippen molar-refractivity contribution in [3.8, 4) is 5.75 Å². The SMILES string of the molecule is C[C@@H](NC(=O)C1=Cc2cc(Br)ccc2OC1)C(=O)O. The highest BCUT2D eigenvalue weighted by atomic mass is 79.9.